The van der Waals surface area contributed by atoms with Gasteiger partial charge in [-0.15, -0.1) is 0 Å². The second-order valence-corrected chi connectivity index (χ2v) is 6.09. The van der Waals surface area contributed by atoms with Crippen LogP contribution in [0, 0.1) is 6.92 Å². The zero-order valence-electron chi connectivity index (χ0n) is 15.2. The van der Waals surface area contributed by atoms with Crippen LogP contribution in [0.4, 0.5) is 5.69 Å². The van der Waals surface area contributed by atoms with Gasteiger partial charge in [0.2, 0.25) is 11.8 Å². The van der Waals surface area contributed by atoms with Crippen LogP contribution in [-0.4, -0.2) is 29.8 Å². The molecule has 2 rings (SSSR count). The van der Waals surface area contributed by atoms with E-state index in [1.54, 1.807) is 16.7 Å². The van der Waals surface area contributed by atoms with E-state index in [0.29, 0.717) is 26.1 Å². The van der Waals surface area contributed by atoms with E-state index in [1.807, 2.05) is 68.4 Å². The SMILES string of the molecule is CCN(C(=O)CCN(Cc1ccccc1C)C(C)=O)c1ccccc1. The van der Waals surface area contributed by atoms with Gasteiger partial charge < -0.3 is 9.80 Å². The highest BCUT2D eigenvalue weighted by Gasteiger charge is 2.17. The summed E-state index contributed by atoms with van der Waals surface area (Å²) in [6, 6.07) is 17.6. The van der Waals surface area contributed by atoms with Crippen LogP contribution in [0.2, 0.25) is 0 Å². The predicted octanol–water partition coefficient (Wildman–Crippen LogP) is 3.79. The number of hydrogen-bond donors (Lipinski definition) is 0. The Kier molecular flexibility index (Phi) is 6.75. The molecule has 0 atom stereocenters. The number of nitrogens with zero attached hydrogens (tertiary/aromatic N) is 2. The van der Waals surface area contributed by atoms with Crippen molar-refractivity contribution in [3.05, 3.63) is 65.7 Å². The normalized spacial score (nSPS) is 10.4. The number of amides is 2. The molecule has 0 unspecified atom stereocenters. The minimum Gasteiger partial charge on any atom is -0.338 e. The molecule has 0 bridgehead atoms. The Balaban J connectivity index is 2.02. The van der Waals surface area contributed by atoms with Crippen molar-refractivity contribution in [3.63, 3.8) is 0 Å². The van der Waals surface area contributed by atoms with E-state index >= 15 is 0 Å². The Morgan fingerprint density at radius 3 is 2.20 bits per heavy atom. The number of hydrogen-bond acceptors (Lipinski definition) is 2. The van der Waals surface area contributed by atoms with Crippen LogP contribution in [0.25, 0.3) is 0 Å². The maximum absolute atomic E-state index is 12.6. The minimum atomic E-state index is -0.0150. The summed E-state index contributed by atoms with van der Waals surface area (Å²) in [5.74, 6) is 0.0172. The summed E-state index contributed by atoms with van der Waals surface area (Å²) in [4.78, 5) is 28.1. The number of benzene rings is 2. The van der Waals surface area contributed by atoms with Crippen molar-refractivity contribution in [2.24, 2.45) is 0 Å². The van der Waals surface area contributed by atoms with Gasteiger partial charge in [0.05, 0.1) is 0 Å². The minimum absolute atomic E-state index is 0.0150. The van der Waals surface area contributed by atoms with Crippen LogP contribution in [0.1, 0.15) is 31.4 Å². The summed E-state index contributed by atoms with van der Waals surface area (Å²) in [5, 5.41) is 0. The standard InChI is InChI=1S/C21H26N2O2/c1-4-23(20-12-6-5-7-13-20)21(25)14-15-22(18(3)24)16-19-11-9-8-10-17(19)2/h5-13H,4,14-16H2,1-3H3. The number of aryl methyl sites for hydroxylation is 1. The van der Waals surface area contributed by atoms with Gasteiger partial charge in [-0.3, -0.25) is 9.59 Å². The van der Waals surface area contributed by atoms with Crippen LogP contribution < -0.4 is 4.90 Å². The Morgan fingerprint density at radius 2 is 1.60 bits per heavy atom. The van der Waals surface area contributed by atoms with Gasteiger partial charge in [0.15, 0.2) is 0 Å². The summed E-state index contributed by atoms with van der Waals surface area (Å²) in [7, 11) is 0. The summed E-state index contributed by atoms with van der Waals surface area (Å²) in [5.41, 5.74) is 3.16. The third-order valence-electron chi connectivity index (χ3n) is 4.35. The van der Waals surface area contributed by atoms with Crippen LogP contribution in [0.15, 0.2) is 54.6 Å². The molecule has 0 aliphatic rings. The van der Waals surface area contributed by atoms with Gasteiger partial charge in [-0.1, -0.05) is 42.5 Å². The maximum atomic E-state index is 12.6. The largest absolute Gasteiger partial charge is 0.338 e. The molecular weight excluding hydrogens is 312 g/mol. The van der Waals surface area contributed by atoms with Crippen LogP contribution >= 0.6 is 0 Å². The number of rotatable bonds is 7. The van der Waals surface area contributed by atoms with Crippen molar-refractivity contribution in [2.45, 2.75) is 33.7 Å². The third kappa shape index (κ3) is 5.18. The third-order valence-corrected chi connectivity index (χ3v) is 4.35. The molecule has 132 valence electrons. The molecule has 0 N–H and O–H groups in total. The lowest BCUT2D eigenvalue weighted by Gasteiger charge is -2.25. The molecule has 0 saturated carbocycles. The van der Waals surface area contributed by atoms with Gasteiger partial charge in [0.1, 0.15) is 0 Å². The van der Waals surface area contributed by atoms with Crippen molar-refractivity contribution < 1.29 is 9.59 Å². The summed E-state index contributed by atoms with van der Waals surface area (Å²) >= 11 is 0. The Morgan fingerprint density at radius 1 is 0.960 bits per heavy atom. The van der Waals surface area contributed by atoms with Crippen molar-refractivity contribution in [1.82, 2.24) is 4.90 Å². The summed E-state index contributed by atoms with van der Waals surface area (Å²) in [6.45, 7) is 7.12. The van der Waals surface area contributed by atoms with Gasteiger partial charge in [-0.05, 0) is 37.1 Å². The Bertz CT molecular complexity index is 713. The molecule has 4 heteroatoms. The first-order chi connectivity index (χ1) is 12.0. The van der Waals surface area contributed by atoms with Gasteiger partial charge in [-0.2, -0.15) is 0 Å². The molecule has 0 aromatic heterocycles. The molecule has 0 spiro atoms. The van der Waals surface area contributed by atoms with E-state index < -0.39 is 0 Å². The van der Waals surface area contributed by atoms with Gasteiger partial charge in [0.25, 0.3) is 0 Å². The molecule has 25 heavy (non-hydrogen) atoms. The van der Waals surface area contributed by atoms with Crippen LogP contribution in [0.5, 0.6) is 0 Å². The highest BCUT2D eigenvalue weighted by Crippen LogP contribution is 2.15. The van der Waals surface area contributed by atoms with Gasteiger partial charge >= 0.3 is 0 Å². The van der Waals surface area contributed by atoms with Crippen LogP contribution in [-0.2, 0) is 16.1 Å². The molecule has 2 aromatic carbocycles. The van der Waals surface area contributed by atoms with Crippen LogP contribution in [0.3, 0.4) is 0 Å². The van der Waals surface area contributed by atoms with Gasteiger partial charge in [-0.25, -0.2) is 0 Å². The first-order valence-electron chi connectivity index (χ1n) is 8.68. The fraction of sp³-hybridized carbons (Fsp3) is 0.333. The summed E-state index contributed by atoms with van der Waals surface area (Å²) < 4.78 is 0. The van der Waals surface area contributed by atoms with E-state index in [4.69, 9.17) is 0 Å². The molecule has 0 heterocycles. The quantitative estimate of drug-likeness (QED) is 0.771. The number of anilines is 1. The molecule has 0 saturated heterocycles. The molecule has 0 aliphatic carbocycles. The van der Waals surface area contributed by atoms with E-state index in [1.165, 1.54) is 0 Å². The lowest BCUT2D eigenvalue weighted by atomic mass is 10.1. The van der Waals surface area contributed by atoms with Gasteiger partial charge in [0, 0.05) is 38.7 Å². The van der Waals surface area contributed by atoms with Crippen molar-refractivity contribution in [2.75, 3.05) is 18.0 Å². The first kappa shape index (κ1) is 18.7. The molecule has 4 nitrogen and oxygen atoms in total. The monoisotopic (exact) mass is 338 g/mol. The maximum Gasteiger partial charge on any atom is 0.228 e. The number of carbonyl (C=O) groups is 2. The molecule has 0 fully saturated rings. The van der Waals surface area contributed by atoms with E-state index in [9.17, 15) is 9.59 Å². The fourth-order valence-electron chi connectivity index (χ4n) is 2.82. The second-order valence-electron chi connectivity index (χ2n) is 6.09. The first-order valence-corrected chi connectivity index (χ1v) is 8.68. The zero-order valence-corrected chi connectivity index (χ0v) is 15.2. The fourth-order valence-corrected chi connectivity index (χ4v) is 2.82. The Hall–Kier alpha value is -2.62. The molecule has 2 aromatic rings. The lowest BCUT2D eigenvalue weighted by molar-refractivity contribution is -0.130. The number of para-hydroxylation sites is 1. The van der Waals surface area contributed by atoms with E-state index in [-0.39, 0.29) is 11.8 Å². The zero-order chi connectivity index (χ0) is 18.2. The predicted molar refractivity (Wildman–Crippen MR) is 101 cm³/mol. The molecule has 0 radical (unpaired) electrons. The van der Waals surface area contributed by atoms with Crippen molar-refractivity contribution in [1.29, 1.82) is 0 Å². The van der Waals surface area contributed by atoms with Crippen molar-refractivity contribution in [3.8, 4) is 0 Å². The lowest BCUT2D eigenvalue weighted by Crippen LogP contribution is -2.36. The average Bonchev–Trinajstić information content (AvgIpc) is 2.61. The molecular formula is C21H26N2O2. The molecule has 0 aliphatic heterocycles. The van der Waals surface area contributed by atoms with E-state index in [0.717, 1.165) is 16.8 Å². The van der Waals surface area contributed by atoms with Crippen molar-refractivity contribution >= 4 is 17.5 Å². The topological polar surface area (TPSA) is 40.6 Å². The highest BCUT2D eigenvalue weighted by molar-refractivity contribution is 5.93. The highest BCUT2D eigenvalue weighted by atomic mass is 16.2. The average molecular weight is 338 g/mol. The number of carbonyl (C=O) groups excluding carboxylic acids is 2. The smallest absolute Gasteiger partial charge is 0.228 e. The summed E-state index contributed by atoms with van der Waals surface area (Å²) in [6.07, 6.45) is 0.314. The second kappa shape index (κ2) is 9.02. The molecule has 2 amide bonds. The van der Waals surface area contributed by atoms with E-state index in [2.05, 4.69) is 0 Å². The Labute approximate surface area is 150 Å².